The fourth-order valence-electron chi connectivity index (χ4n) is 5.52. The zero-order chi connectivity index (χ0) is 25.1. The third kappa shape index (κ3) is 3.21. The summed E-state index contributed by atoms with van der Waals surface area (Å²) in [6, 6.07) is 44.8. The highest BCUT2D eigenvalue weighted by molar-refractivity contribution is 7.25. The van der Waals surface area contributed by atoms with Gasteiger partial charge in [0, 0.05) is 43.1 Å². The molecule has 0 aliphatic rings. The predicted molar refractivity (Wildman–Crippen MR) is 160 cm³/mol. The Balaban J connectivity index is 1.45. The fourth-order valence-corrected chi connectivity index (χ4v) is 6.60. The van der Waals surface area contributed by atoms with E-state index in [1.807, 2.05) is 18.2 Å². The molecule has 0 saturated heterocycles. The Hall–Kier alpha value is -4.80. The number of benzene rings is 5. The van der Waals surface area contributed by atoms with Gasteiger partial charge in [-0.15, -0.1) is 11.3 Å². The van der Waals surface area contributed by atoms with Gasteiger partial charge in [0.25, 0.3) is 0 Å². The number of fused-ring (bicyclic) bond motifs is 6. The number of hydrogen-bond acceptors (Lipinski definition) is 3. The van der Waals surface area contributed by atoms with Crippen LogP contribution >= 0.6 is 11.3 Å². The molecule has 3 aromatic heterocycles. The van der Waals surface area contributed by atoms with E-state index in [9.17, 15) is 0 Å². The van der Waals surface area contributed by atoms with Crippen LogP contribution < -0.4 is 0 Å². The van der Waals surface area contributed by atoms with Crippen molar-refractivity contribution in [3.05, 3.63) is 127 Å². The molecule has 0 radical (unpaired) electrons. The summed E-state index contributed by atoms with van der Waals surface area (Å²) in [5.74, 6) is 0.756. The molecular formula is C34H21N3S. The van der Waals surface area contributed by atoms with Gasteiger partial charge < -0.3 is 4.57 Å². The number of rotatable bonds is 3. The predicted octanol–water partition coefficient (Wildman–Crippen LogP) is 9.28. The van der Waals surface area contributed by atoms with E-state index >= 15 is 0 Å². The molecule has 0 aliphatic heterocycles. The van der Waals surface area contributed by atoms with Gasteiger partial charge in [-0.25, -0.2) is 9.97 Å². The van der Waals surface area contributed by atoms with Crippen LogP contribution in [0.5, 0.6) is 0 Å². The smallest absolute Gasteiger partial charge is 0.161 e. The Labute approximate surface area is 223 Å². The molecule has 0 atom stereocenters. The van der Waals surface area contributed by atoms with Crippen LogP contribution in [-0.4, -0.2) is 14.5 Å². The monoisotopic (exact) mass is 503 g/mol. The summed E-state index contributed by atoms with van der Waals surface area (Å²) in [6.45, 7) is 0. The highest BCUT2D eigenvalue weighted by Crippen LogP contribution is 2.41. The normalized spacial score (nSPS) is 11.7. The summed E-state index contributed by atoms with van der Waals surface area (Å²) in [5.41, 5.74) is 6.64. The molecule has 4 heteroatoms. The molecule has 0 fully saturated rings. The summed E-state index contributed by atoms with van der Waals surface area (Å²) in [5, 5.41) is 4.77. The molecule has 5 aromatic carbocycles. The van der Waals surface area contributed by atoms with Crippen molar-refractivity contribution in [3.63, 3.8) is 0 Å². The van der Waals surface area contributed by atoms with Crippen LogP contribution in [0.4, 0.5) is 0 Å². The molecule has 3 heterocycles. The zero-order valence-corrected chi connectivity index (χ0v) is 21.2. The average Bonchev–Trinajstić information content (AvgIpc) is 3.53. The number of hydrogen-bond donors (Lipinski definition) is 0. The highest BCUT2D eigenvalue weighted by Gasteiger charge is 2.18. The second kappa shape index (κ2) is 8.37. The Bertz CT molecular complexity index is 2120. The minimum atomic E-state index is 0.756. The molecular weight excluding hydrogens is 482 g/mol. The molecule has 178 valence electrons. The van der Waals surface area contributed by atoms with E-state index in [0.29, 0.717) is 0 Å². The van der Waals surface area contributed by atoms with Gasteiger partial charge >= 0.3 is 0 Å². The molecule has 0 spiro atoms. The average molecular weight is 504 g/mol. The highest BCUT2D eigenvalue weighted by atomic mass is 32.1. The molecule has 8 aromatic rings. The van der Waals surface area contributed by atoms with E-state index in [-0.39, 0.29) is 0 Å². The summed E-state index contributed by atoms with van der Waals surface area (Å²) >= 11 is 1.73. The van der Waals surface area contributed by atoms with Gasteiger partial charge in [0.05, 0.1) is 16.7 Å². The van der Waals surface area contributed by atoms with Gasteiger partial charge in [0.2, 0.25) is 0 Å². The lowest BCUT2D eigenvalue weighted by Crippen LogP contribution is -1.94. The van der Waals surface area contributed by atoms with Crippen molar-refractivity contribution < 1.29 is 0 Å². The van der Waals surface area contributed by atoms with Crippen LogP contribution in [0.1, 0.15) is 0 Å². The minimum absolute atomic E-state index is 0.756. The molecule has 0 aliphatic carbocycles. The second-order valence-electron chi connectivity index (χ2n) is 9.46. The largest absolute Gasteiger partial charge is 0.309 e. The van der Waals surface area contributed by atoms with Gasteiger partial charge in [-0.05, 0) is 36.4 Å². The lowest BCUT2D eigenvalue weighted by atomic mass is 10.0. The lowest BCUT2D eigenvalue weighted by molar-refractivity contribution is 1.18. The van der Waals surface area contributed by atoms with Crippen LogP contribution in [-0.2, 0) is 0 Å². The van der Waals surface area contributed by atoms with Gasteiger partial charge in [0.1, 0.15) is 4.83 Å². The maximum absolute atomic E-state index is 5.20. The van der Waals surface area contributed by atoms with E-state index in [2.05, 4.69) is 114 Å². The van der Waals surface area contributed by atoms with Crippen molar-refractivity contribution >= 4 is 53.4 Å². The SMILES string of the molecule is c1ccc(-c2nc(-c3ccc4c(c3)c3ccccc3n4-c3ccccc3)c3c(n2)sc2ccccc23)cc1. The van der Waals surface area contributed by atoms with Crippen LogP contribution in [0.15, 0.2) is 127 Å². The standard InChI is InChI=1S/C34H21N3S/c1-3-11-22(12-4-1)33-35-32(31-26-16-8-10-18-30(26)38-34(31)36-33)23-19-20-29-27(21-23)25-15-7-9-17-28(25)37(29)24-13-5-2-6-14-24/h1-21H. The van der Waals surface area contributed by atoms with E-state index < -0.39 is 0 Å². The van der Waals surface area contributed by atoms with Gasteiger partial charge in [-0.1, -0.05) is 91.0 Å². The van der Waals surface area contributed by atoms with Crippen LogP contribution in [0.25, 0.3) is 70.4 Å². The first-order valence-electron chi connectivity index (χ1n) is 12.7. The quantitative estimate of drug-likeness (QED) is 0.240. The minimum Gasteiger partial charge on any atom is -0.309 e. The summed E-state index contributed by atoms with van der Waals surface area (Å²) in [6.07, 6.45) is 0. The summed E-state index contributed by atoms with van der Waals surface area (Å²) in [7, 11) is 0. The molecule has 0 amide bonds. The summed E-state index contributed by atoms with van der Waals surface area (Å²) < 4.78 is 3.57. The topological polar surface area (TPSA) is 30.7 Å². The van der Waals surface area contributed by atoms with Gasteiger partial charge in [-0.3, -0.25) is 0 Å². The van der Waals surface area contributed by atoms with E-state index in [1.165, 1.54) is 31.9 Å². The molecule has 0 N–H and O–H groups in total. The molecule has 38 heavy (non-hydrogen) atoms. The van der Waals surface area contributed by atoms with Crippen molar-refractivity contribution in [1.29, 1.82) is 0 Å². The van der Waals surface area contributed by atoms with Gasteiger partial charge in [-0.2, -0.15) is 0 Å². The molecule has 3 nitrogen and oxygen atoms in total. The van der Waals surface area contributed by atoms with Gasteiger partial charge in [0.15, 0.2) is 5.82 Å². The Morgan fingerprint density at radius 2 is 1.21 bits per heavy atom. The maximum atomic E-state index is 5.20. The first-order valence-corrected chi connectivity index (χ1v) is 13.5. The molecule has 8 rings (SSSR count). The van der Waals surface area contributed by atoms with Crippen molar-refractivity contribution in [3.8, 4) is 28.3 Å². The van der Waals surface area contributed by atoms with Crippen LogP contribution in [0, 0.1) is 0 Å². The van der Waals surface area contributed by atoms with Crippen LogP contribution in [0.3, 0.4) is 0 Å². The first-order chi connectivity index (χ1) is 18.8. The first kappa shape index (κ1) is 21.3. The van der Waals surface area contributed by atoms with E-state index in [0.717, 1.165) is 38.5 Å². The number of para-hydroxylation sites is 2. The third-order valence-corrected chi connectivity index (χ3v) is 8.30. The van der Waals surface area contributed by atoms with E-state index in [4.69, 9.17) is 9.97 Å². The van der Waals surface area contributed by atoms with Crippen molar-refractivity contribution in [2.75, 3.05) is 0 Å². The number of thiophene rings is 1. The van der Waals surface area contributed by atoms with Crippen molar-refractivity contribution in [1.82, 2.24) is 14.5 Å². The van der Waals surface area contributed by atoms with Crippen molar-refractivity contribution in [2.24, 2.45) is 0 Å². The second-order valence-corrected chi connectivity index (χ2v) is 10.5. The lowest BCUT2D eigenvalue weighted by Gasteiger charge is -2.09. The number of aromatic nitrogens is 3. The number of nitrogens with zero attached hydrogens (tertiary/aromatic N) is 3. The molecule has 0 bridgehead atoms. The third-order valence-electron chi connectivity index (χ3n) is 7.23. The maximum Gasteiger partial charge on any atom is 0.161 e. The molecule has 0 unspecified atom stereocenters. The fraction of sp³-hybridized carbons (Fsp3) is 0. The molecule has 0 saturated carbocycles. The van der Waals surface area contributed by atoms with Crippen molar-refractivity contribution in [2.45, 2.75) is 0 Å². The Morgan fingerprint density at radius 3 is 2.05 bits per heavy atom. The zero-order valence-electron chi connectivity index (χ0n) is 20.4. The van der Waals surface area contributed by atoms with Crippen LogP contribution in [0.2, 0.25) is 0 Å². The Morgan fingerprint density at radius 1 is 0.526 bits per heavy atom. The Kier molecular flexibility index (Phi) is 4.69. The van der Waals surface area contributed by atoms with E-state index in [1.54, 1.807) is 11.3 Å². The summed E-state index contributed by atoms with van der Waals surface area (Å²) in [4.78, 5) is 11.2.